The smallest absolute Gasteiger partial charge is 0.225 e. The minimum atomic E-state index is -0.286. The minimum Gasteiger partial charge on any atom is -0.352 e. The Balaban J connectivity index is 1.95. The first-order valence-corrected chi connectivity index (χ1v) is 8.36. The van der Waals surface area contributed by atoms with E-state index in [4.69, 9.17) is 0 Å². The fourth-order valence-electron chi connectivity index (χ4n) is 3.25. The molecule has 20 heavy (non-hydrogen) atoms. The summed E-state index contributed by atoms with van der Waals surface area (Å²) in [6.45, 7) is 12.9. The van der Waals surface area contributed by atoms with Crippen LogP contribution in [0.15, 0.2) is 0 Å². The van der Waals surface area contributed by atoms with Crippen LogP contribution in [-0.2, 0) is 4.79 Å². The number of nitrogens with zero attached hydrogens (tertiary/aromatic N) is 1. The van der Waals surface area contributed by atoms with E-state index in [2.05, 4.69) is 24.1 Å². The molecule has 2 fully saturated rings. The Bertz CT molecular complexity index is 343. The van der Waals surface area contributed by atoms with E-state index in [0.717, 1.165) is 24.8 Å². The van der Waals surface area contributed by atoms with Gasteiger partial charge in [-0.3, -0.25) is 9.69 Å². The quantitative estimate of drug-likeness (QED) is 0.858. The molecule has 3 atom stereocenters. The van der Waals surface area contributed by atoms with Crippen LogP contribution in [0, 0.1) is 17.3 Å². The normalized spacial score (nSPS) is 30.1. The van der Waals surface area contributed by atoms with E-state index < -0.39 is 0 Å². The minimum absolute atomic E-state index is 0.193. The SMILES string of the molecule is CCC1CC(NC(=O)C(C)(C)C)CN(C(C)C2CC2)C1. The molecule has 3 nitrogen and oxygen atoms in total. The van der Waals surface area contributed by atoms with Gasteiger partial charge in [0, 0.05) is 30.6 Å². The first-order chi connectivity index (χ1) is 9.31. The summed E-state index contributed by atoms with van der Waals surface area (Å²) in [7, 11) is 0. The van der Waals surface area contributed by atoms with E-state index in [9.17, 15) is 4.79 Å². The van der Waals surface area contributed by atoms with Gasteiger partial charge in [0.05, 0.1) is 0 Å². The van der Waals surface area contributed by atoms with Crippen LogP contribution < -0.4 is 5.32 Å². The van der Waals surface area contributed by atoms with Gasteiger partial charge in [-0.1, -0.05) is 34.1 Å². The van der Waals surface area contributed by atoms with Gasteiger partial charge in [0.15, 0.2) is 0 Å². The maximum Gasteiger partial charge on any atom is 0.225 e. The average Bonchev–Trinajstić information content (AvgIpc) is 3.20. The van der Waals surface area contributed by atoms with E-state index >= 15 is 0 Å². The highest BCUT2D eigenvalue weighted by Gasteiger charge is 2.37. The van der Waals surface area contributed by atoms with Crippen molar-refractivity contribution in [3.05, 3.63) is 0 Å². The number of nitrogens with one attached hydrogen (secondary N) is 1. The molecule has 0 aromatic heterocycles. The molecule has 1 aliphatic heterocycles. The number of amides is 1. The zero-order valence-corrected chi connectivity index (χ0v) is 13.9. The number of hydrogen-bond donors (Lipinski definition) is 1. The zero-order chi connectivity index (χ0) is 14.9. The summed E-state index contributed by atoms with van der Waals surface area (Å²) in [5.41, 5.74) is -0.286. The molecule has 116 valence electrons. The summed E-state index contributed by atoms with van der Waals surface area (Å²) in [5.74, 6) is 1.83. The number of rotatable bonds is 4. The van der Waals surface area contributed by atoms with Crippen molar-refractivity contribution >= 4 is 5.91 Å². The van der Waals surface area contributed by atoms with Gasteiger partial charge in [-0.25, -0.2) is 0 Å². The average molecular weight is 280 g/mol. The monoisotopic (exact) mass is 280 g/mol. The summed E-state index contributed by atoms with van der Waals surface area (Å²) in [6, 6.07) is 1.03. The largest absolute Gasteiger partial charge is 0.352 e. The third-order valence-electron chi connectivity index (χ3n) is 5.04. The molecular weight excluding hydrogens is 248 g/mol. The lowest BCUT2D eigenvalue weighted by Gasteiger charge is -2.41. The van der Waals surface area contributed by atoms with Crippen LogP contribution in [0.1, 0.15) is 60.3 Å². The Hall–Kier alpha value is -0.570. The standard InChI is InChI=1S/C17H32N2O/c1-6-13-9-15(18-16(20)17(3,4)5)11-19(10-13)12(2)14-7-8-14/h12-15H,6-11H2,1-5H3,(H,18,20). The maximum atomic E-state index is 12.2. The maximum absolute atomic E-state index is 12.2. The van der Waals surface area contributed by atoms with E-state index in [-0.39, 0.29) is 11.3 Å². The van der Waals surface area contributed by atoms with Crippen molar-refractivity contribution in [2.45, 2.75) is 72.4 Å². The summed E-state index contributed by atoms with van der Waals surface area (Å²) >= 11 is 0. The highest BCUT2D eigenvalue weighted by Crippen LogP contribution is 2.37. The van der Waals surface area contributed by atoms with Crippen LogP contribution in [0.3, 0.4) is 0 Å². The van der Waals surface area contributed by atoms with Gasteiger partial charge in [-0.15, -0.1) is 0 Å². The van der Waals surface area contributed by atoms with Crippen molar-refractivity contribution in [2.75, 3.05) is 13.1 Å². The number of likely N-dealkylation sites (tertiary alicyclic amines) is 1. The van der Waals surface area contributed by atoms with Crippen LogP contribution in [0.25, 0.3) is 0 Å². The van der Waals surface area contributed by atoms with E-state index in [0.29, 0.717) is 12.1 Å². The molecule has 0 aromatic rings. The fraction of sp³-hybridized carbons (Fsp3) is 0.941. The molecule has 1 aliphatic carbocycles. The van der Waals surface area contributed by atoms with Crippen molar-refractivity contribution < 1.29 is 4.79 Å². The van der Waals surface area contributed by atoms with E-state index in [1.54, 1.807) is 0 Å². The lowest BCUT2D eigenvalue weighted by atomic mass is 9.89. The van der Waals surface area contributed by atoms with Crippen LogP contribution in [0.4, 0.5) is 0 Å². The predicted molar refractivity (Wildman–Crippen MR) is 83.5 cm³/mol. The molecule has 2 rings (SSSR count). The van der Waals surface area contributed by atoms with Crippen molar-refractivity contribution in [3.63, 3.8) is 0 Å². The van der Waals surface area contributed by atoms with Crippen molar-refractivity contribution in [1.29, 1.82) is 0 Å². The summed E-state index contributed by atoms with van der Waals surface area (Å²) in [4.78, 5) is 14.8. The number of hydrogen-bond acceptors (Lipinski definition) is 2. The first-order valence-electron chi connectivity index (χ1n) is 8.36. The molecule has 0 radical (unpaired) electrons. The van der Waals surface area contributed by atoms with Crippen LogP contribution >= 0.6 is 0 Å². The molecule has 3 heteroatoms. The second-order valence-corrected chi connectivity index (χ2v) is 7.96. The van der Waals surface area contributed by atoms with Crippen molar-refractivity contribution in [1.82, 2.24) is 10.2 Å². The Morgan fingerprint density at radius 2 is 1.95 bits per heavy atom. The molecule has 1 saturated heterocycles. The number of carbonyl (C=O) groups excluding carboxylic acids is 1. The zero-order valence-electron chi connectivity index (χ0n) is 13.9. The van der Waals surface area contributed by atoms with E-state index in [1.807, 2.05) is 20.8 Å². The lowest BCUT2D eigenvalue weighted by molar-refractivity contribution is -0.129. The predicted octanol–water partition coefficient (Wildman–Crippen LogP) is 3.05. The molecule has 1 saturated carbocycles. The molecule has 1 amide bonds. The molecule has 0 spiro atoms. The van der Waals surface area contributed by atoms with Gasteiger partial charge < -0.3 is 5.32 Å². The number of piperidine rings is 1. The molecular formula is C17H32N2O. The van der Waals surface area contributed by atoms with Gasteiger partial charge in [-0.05, 0) is 38.0 Å². The van der Waals surface area contributed by atoms with Crippen LogP contribution in [0.5, 0.6) is 0 Å². The number of carbonyl (C=O) groups is 1. The Morgan fingerprint density at radius 3 is 2.45 bits per heavy atom. The molecule has 0 aromatic carbocycles. The topological polar surface area (TPSA) is 32.3 Å². The molecule has 0 bridgehead atoms. The van der Waals surface area contributed by atoms with Crippen molar-refractivity contribution in [2.24, 2.45) is 17.3 Å². The highest BCUT2D eigenvalue weighted by atomic mass is 16.2. The highest BCUT2D eigenvalue weighted by molar-refractivity contribution is 5.81. The second kappa shape index (κ2) is 6.05. The lowest BCUT2D eigenvalue weighted by Crippen LogP contribution is -2.55. The summed E-state index contributed by atoms with van der Waals surface area (Å²) < 4.78 is 0. The molecule has 2 aliphatic rings. The van der Waals surface area contributed by atoms with Gasteiger partial charge in [0.1, 0.15) is 0 Å². The van der Waals surface area contributed by atoms with Gasteiger partial charge in [0.25, 0.3) is 0 Å². The molecule has 1 N–H and O–H groups in total. The fourth-order valence-corrected chi connectivity index (χ4v) is 3.25. The van der Waals surface area contributed by atoms with Gasteiger partial charge in [-0.2, -0.15) is 0 Å². The van der Waals surface area contributed by atoms with Gasteiger partial charge in [0.2, 0.25) is 5.91 Å². The Kier molecular flexibility index (Phi) is 4.78. The molecule has 1 heterocycles. The Morgan fingerprint density at radius 1 is 1.30 bits per heavy atom. The van der Waals surface area contributed by atoms with Crippen molar-refractivity contribution in [3.8, 4) is 0 Å². The summed E-state index contributed by atoms with van der Waals surface area (Å²) in [5, 5.41) is 3.29. The third-order valence-corrected chi connectivity index (χ3v) is 5.04. The Labute approximate surface area is 124 Å². The molecule has 3 unspecified atom stereocenters. The van der Waals surface area contributed by atoms with Crippen LogP contribution in [0.2, 0.25) is 0 Å². The van der Waals surface area contributed by atoms with Gasteiger partial charge >= 0.3 is 0 Å². The third kappa shape index (κ3) is 3.97. The first kappa shape index (κ1) is 15.8. The second-order valence-electron chi connectivity index (χ2n) is 7.96. The van der Waals surface area contributed by atoms with E-state index in [1.165, 1.54) is 25.8 Å². The summed E-state index contributed by atoms with van der Waals surface area (Å²) in [6.07, 6.45) is 5.16. The van der Waals surface area contributed by atoms with Crippen LogP contribution in [-0.4, -0.2) is 36.0 Å².